The molecule has 0 aromatic carbocycles. The Balaban J connectivity index is 2.16. The summed E-state index contributed by atoms with van der Waals surface area (Å²) in [6.07, 6.45) is 7.30. The largest absolute Gasteiger partial charge is 0.308 e. The van der Waals surface area contributed by atoms with Gasteiger partial charge in [-0.15, -0.1) is 0 Å². The van der Waals surface area contributed by atoms with Crippen LogP contribution in [-0.4, -0.2) is 16.5 Å². The molecule has 1 atom stereocenters. The third kappa shape index (κ3) is 4.54. The van der Waals surface area contributed by atoms with Gasteiger partial charge in [-0.3, -0.25) is 9.97 Å². The van der Waals surface area contributed by atoms with Crippen LogP contribution in [0.2, 0.25) is 5.02 Å². The van der Waals surface area contributed by atoms with Crippen molar-refractivity contribution in [2.24, 2.45) is 0 Å². The van der Waals surface area contributed by atoms with Gasteiger partial charge in [0.15, 0.2) is 0 Å². The molecule has 20 heavy (non-hydrogen) atoms. The van der Waals surface area contributed by atoms with E-state index in [-0.39, 0.29) is 6.04 Å². The lowest BCUT2D eigenvalue weighted by Crippen LogP contribution is -2.25. The smallest absolute Gasteiger partial charge is 0.0589 e. The normalized spacial score (nSPS) is 12.3. The van der Waals surface area contributed by atoms with E-state index < -0.39 is 0 Å². The number of hydrogen-bond donors (Lipinski definition) is 1. The number of halogens is 2. The molecule has 1 unspecified atom stereocenters. The standard InChI is InChI=1S/C15H17BrClN3/c1-2-5-19-15(14-4-3-13(17)10-20-14)7-11-6-12(16)9-18-8-11/h3-4,6,8-10,15,19H,2,5,7H2,1H3. The van der Waals surface area contributed by atoms with Crippen molar-refractivity contribution in [3.05, 3.63) is 57.5 Å². The van der Waals surface area contributed by atoms with Crippen LogP contribution in [0.15, 0.2) is 41.3 Å². The van der Waals surface area contributed by atoms with E-state index in [0.717, 1.165) is 29.6 Å². The van der Waals surface area contributed by atoms with Gasteiger partial charge in [0.05, 0.1) is 16.8 Å². The first kappa shape index (κ1) is 15.4. The lowest BCUT2D eigenvalue weighted by Gasteiger charge is -2.18. The summed E-state index contributed by atoms with van der Waals surface area (Å²) in [4.78, 5) is 8.63. The molecule has 0 radical (unpaired) electrons. The molecule has 0 amide bonds. The van der Waals surface area contributed by atoms with Gasteiger partial charge in [-0.1, -0.05) is 18.5 Å². The Morgan fingerprint density at radius 1 is 1.30 bits per heavy atom. The summed E-state index contributed by atoms with van der Waals surface area (Å²) in [5.74, 6) is 0. The third-order valence-electron chi connectivity index (χ3n) is 2.95. The number of aromatic nitrogens is 2. The minimum atomic E-state index is 0.170. The Labute approximate surface area is 132 Å². The van der Waals surface area contributed by atoms with E-state index in [4.69, 9.17) is 11.6 Å². The summed E-state index contributed by atoms with van der Waals surface area (Å²) >= 11 is 9.36. The summed E-state index contributed by atoms with van der Waals surface area (Å²) < 4.78 is 0.994. The minimum absolute atomic E-state index is 0.170. The number of nitrogens with zero attached hydrogens (tertiary/aromatic N) is 2. The van der Waals surface area contributed by atoms with Gasteiger partial charge in [0.2, 0.25) is 0 Å². The van der Waals surface area contributed by atoms with Crippen molar-refractivity contribution in [3.8, 4) is 0 Å². The lowest BCUT2D eigenvalue weighted by atomic mass is 10.0. The SMILES string of the molecule is CCCNC(Cc1cncc(Br)c1)c1ccc(Cl)cn1. The maximum absolute atomic E-state index is 5.90. The molecule has 0 spiro atoms. The Bertz CT molecular complexity index is 545. The summed E-state index contributed by atoms with van der Waals surface area (Å²) in [5.41, 5.74) is 2.17. The quantitative estimate of drug-likeness (QED) is 0.846. The van der Waals surface area contributed by atoms with Gasteiger partial charge in [0, 0.05) is 23.1 Å². The Hall–Kier alpha value is -0.970. The summed E-state index contributed by atoms with van der Waals surface area (Å²) in [7, 11) is 0. The zero-order valence-electron chi connectivity index (χ0n) is 11.3. The molecule has 2 heterocycles. The highest BCUT2D eigenvalue weighted by atomic mass is 79.9. The summed E-state index contributed by atoms with van der Waals surface area (Å²) in [5, 5.41) is 4.18. The van der Waals surface area contributed by atoms with Crippen LogP contribution in [0, 0.1) is 0 Å². The van der Waals surface area contributed by atoms with Crippen molar-refractivity contribution in [1.29, 1.82) is 0 Å². The van der Waals surface area contributed by atoms with Crippen LogP contribution in [0.4, 0.5) is 0 Å². The van der Waals surface area contributed by atoms with Gasteiger partial charge in [0.25, 0.3) is 0 Å². The summed E-state index contributed by atoms with van der Waals surface area (Å²) in [6, 6.07) is 6.11. The highest BCUT2D eigenvalue weighted by molar-refractivity contribution is 9.10. The van der Waals surface area contributed by atoms with Gasteiger partial charge in [-0.05, 0) is 59.1 Å². The van der Waals surface area contributed by atoms with Crippen LogP contribution < -0.4 is 5.32 Å². The first-order valence-corrected chi connectivity index (χ1v) is 7.80. The van der Waals surface area contributed by atoms with Crippen molar-refractivity contribution >= 4 is 27.5 Å². The maximum atomic E-state index is 5.90. The van der Waals surface area contributed by atoms with E-state index in [2.05, 4.69) is 44.2 Å². The second-order valence-corrected chi connectivity index (χ2v) is 5.98. The molecule has 5 heteroatoms. The van der Waals surface area contributed by atoms with E-state index >= 15 is 0 Å². The molecular formula is C15H17BrClN3. The highest BCUT2D eigenvalue weighted by Crippen LogP contribution is 2.19. The van der Waals surface area contributed by atoms with E-state index in [9.17, 15) is 0 Å². The Kier molecular flexibility index (Phi) is 5.95. The van der Waals surface area contributed by atoms with Gasteiger partial charge in [-0.2, -0.15) is 0 Å². The van der Waals surface area contributed by atoms with E-state index in [1.807, 2.05) is 18.3 Å². The molecular weight excluding hydrogens is 338 g/mol. The fraction of sp³-hybridized carbons (Fsp3) is 0.333. The molecule has 0 aliphatic heterocycles. The van der Waals surface area contributed by atoms with Crippen molar-refractivity contribution in [2.45, 2.75) is 25.8 Å². The zero-order chi connectivity index (χ0) is 14.4. The van der Waals surface area contributed by atoms with Crippen LogP contribution in [0.1, 0.15) is 30.6 Å². The van der Waals surface area contributed by atoms with Crippen molar-refractivity contribution in [1.82, 2.24) is 15.3 Å². The van der Waals surface area contributed by atoms with Crippen molar-refractivity contribution < 1.29 is 0 Å². The molecule has 0 saturated heterocycles. The average Bonchev–Trinajstić information content (AvgIpc) is 2.44. The molecule has 1 N–H and O–H groups in total. The molecule has 106 valence electrons. The lowest BCUT2D eigenvalue weighted by molar-refractivity contribution is 0.517. The number of pyridine rings is 2. The van der Waals surface area contributed by atoms with Gasteiger partial charge in [-0.25, -0.2) is 0 Å². The molecule has 2 rings (SSSR count). The molecule has 2 aromatic heterocycles. The Morgan fingerprint density at radius 3 is 2.80 bits per heavy atom. The third-order valence-corrected chi connectivity index (χ3v) is 3.61. The highest BCUT2D eigenvalue weighted by Gasteiger charge is 2.13. The minimum Gasteiger partial charge on any atom is -0.308 e. The van der Waals surface area contributed by atoms with E-state index in [0.29, 0.717) is 5.02 Å². The monoisotopic (exact) mass is 353 g/mol. The fourth-order valence-electron chi connectivity index (χ4n) is 2.00. The molecule has 0 fully saturated rings. The second kappa shape index (κ2) is 7.72. The van der Waals surface area contributed by atoms with Crippen LogP contribution in [-0.2, 0) is 6.42 Å². The fourth-order valence-corrected chi connectivity index (χ4v) is 2.52. The van der Waals surface area contributed by atoms with Gasteiger partial charge < -0.3 is 5.32 Å². The average molecular weight is 355 g/mol. The number of hydrogen-bond acceptors (Lipinski definition) is 3. The second-order valence-electron chi connectivity index (χ2n) is 4.62. The van der Waals surface area contributed by atoms with Crippen molar-refractivity contribution in [2.75, 3.05) is 6.54 Å². The molecule has 0 aliphatic carbocycles. The number of nitrogens with one attached hydrogen (secondary N) is 1. The van der Waals surface area contributed by atoms with E-state index in [1.54, 1.807) is 12.4 Å². The summed E-state index contributed by atoms with van der Waals surface area (Å²) in [6.45, 7) is 3.11. The molecule has 3 nitrogen and oxygen atoms in total. The molecule has 0 aliphatic rings. The maximum Gasteiger partial charge on any atom is 0.0589 e. The zero-order valence-corrected chi connectivity index (χ0v) is 13.7. The van der Waals surface area contributed by atoms with Crippen molar-refractivity contribution in [3.63, 3.8) is 0 Å². The Morgan fingerprint density at radius 2 is 2.15 bits per heavy atom. The predicted octanol–water partition coefficient (Wildman–Crippen LogP) is 4.18. The van der Waals surface area contributed by atoms with Crippen LogP contribution in [0.3, 0.4) is 0 Å². The first-order valence-electron chi connectivity index (χ1n) is 6.63. The first-order chi connectivity index (χ1) is 9.69. The van der Waals surface area contributed by atoms with Crippen LogP contribution >= 0.6 is 27.5 Å². The molecule has 0 saturated carbocycles. The van der Waals surface area contributed by atoms with Gasteiger partial charge >= 0.3 is 0 Å². The molecule has 0 bridgehead atoms. The number of rotatable bonds is 6. The topological polar surface area (TPSA) is 37.8 Å². The molecule has 2 aromatic rings. The van der Waals surface area contributed by atoms with Crippen LogP contribution in [0.25, 0.3) is 0 Å². The van der Waals surface area contributed by atoms with Crippen LogP contribution in [0.5, 0.6) is 0 Å². The van der Waals surface area contributed by atoms with Gasteiger partial charge in [0.1, 0.15) is 0 Å². The van der Waals surface area contributed by atoms with E-state index in [1.165, 1.54) is 5.56 Å². The predicted molar refractivity (Wildman–Crippen MR) is 85.9 cm³/mol.